The van der Waals surface area contributed by atoms with Gasteiger partial charge in [-0.25, -0.2) is 4.79 Å². The Bertz CT molecular complexity index is 215. The van der Waals surface area contributed by atoms with Gasteiger partial charge in [0.1, 0.15) is 0 Å². The van der Waals surface area contributed by atoms with Crippen LogP contribution in [0.4, 0.5) is 4.79 Å². The molecule has 1 saturated heterocycles. The van der Waals surface area contributed by atoms with E-state index in [1.807, 2.05) is 0 Å². The fourth-order valence-corrected chi connectivity index (χ4v) is 1.82. The van der Waals surface area contributed by atoms with Crippen molar-refractivity contribution >= 4 is 18.5 Å². The summed E-state index contributed by atoms with van der Waals surface area (Å²) in [5.74, 6) is 0. The zero-order valence-corrected chi connectivity index (χ0v) is 9.89. The topological polar surface area (TPSA) is 52.6 Å². The molecule has 2 atom stereocenters. The van der Waals surface area contributed by atoms with Crippen molar-refractivity contribution < 1.29 is 9.90 Å². The summed E-state index contributed by atoms with van der Waals surface area (Å²) in [4.78, 5) is 12.7. The molecule has 1 fully saturated rings. The molecule has 0 spiro atoms. The minimum absolute atomic E-state index is 0. The predicted molar refractivity (Wildman–Crippen MR) is 58.1 cm³/mol. The third kappa shape index (κ3) is 2.75. The zero-order chi connectivity index (χ0) is 10.2. The second kappa shape index (κ2) is 4.36. The maximum Gasteiger partial charge on any atom is 0.404 e. The molecular formula is C9H19ClN2O2. The van der Waals surface area contributed by atoms with Crippen molar-refractivity contribution in [2.45, 2.75) is 45.3 Å². The van der Waals surface area contributed by atoms with Gasteiger partial charge in [0.15, 0.2) is 0 Å². The standard InChI is InChI=1S/C9H18N2O2.ClH/c1-6-7(10-8(12)13)5-11(6)9(2,3)4;/h6-7,10H,5H2,1-4H3,(H,12,13);1H/t6-,7-;/m0./s1. The van der Waals surface area contributed by atoms with Crippen LogP contribution in [0.2, 0.25) is 0 Å². The molecule has 0 radical (unpaired) electrons. The fraction of sp³-hybridized carbons (Fsp3) is 0.889. The van der Waals surface area contributed by atoms with Crippen LogP contribution >= 0.6 is 12.4 Å². The van der Waals surface area contributed by atoms with Gasteiger partial charge in [-0.15, -0.1) is 12.4 Å². The Labute approximate surface area is 91.1 Å². The van der Waals surface area contributed by atoms with Gasteiger partial charge in [0.25, 0.3) is 0 Å². The molecule has 0 aliphatic carbocycles. The lowest BCUT2D eigenvalue weighted by molar-refractivity contribution is -0.0196. The summed E-state index contributed by atoms with van der Waals surface area (Å²) >= 11 is 0. The molecular weight excluding hydrogens is 204 g/mol. The van der Waals surface area contributed by atoms with E-state index in [1.165, 1.54) is 0 Å². The summed E-state index contributed by atoms with van der Waals surface area (Å²) in [5, 5.41) is 11.0. The summed E-state index contributed by atoms with van der Waals surface area (Å²) < 4.78 is 0. The largest absolute Gasteiger partial charge is 0.465 e. The molecule has 1 rings (SSSR count). The number of amides is 1. The first-order chi connectivity index (χ1) is 5.82. The highest BCUT2D eigenvalue weighted by molar-refractivity contribution is 5.85. The number of nitrogens with zero attached hydrogens (tertiary/aromatic N) is 1. The molecule has 0 saturated carbocycles. The van der Waals surface area contributed by atoms with Gasteiger partial charge in [-0.2, -0.15) is 0 Å². The summed E-state index contributed by atoms with van der Waals surface area (Å²) in [6.45, 7) is 9.29. The number of carboxylic acid groups (broad SMARTS) is 1. The third-order valence-electron chi connectivity index (χ3n) is 2.64. The molecule has 1 amide bonds. The van der Waals surface area contributed by atoms with Gasteiger partial charge in [0, 0.05) is 18.1 Å². The monoisotopic (exact) mass is 222 g/mol. The minimum Gasteiger partial charge on any atom is -0.465 e. The number of carbonyl (C=O) groups is 1. The second-order valence-corrected chi connectivity index (χ2v) is 4.62. The number of hydrogen-bond donors (Lipinski definition) is 2. The molecule has 84 valence electrons. The molecule has 2 N–H and O–H groups in total. The lowest BCUT2D eigenvalue weighted by Gasteiger charge is -2.53. The highest BCUT2D eigenvalue weighted by Crippen LogP contribution is 2.27. The number of rotatable bonds is 1. The van der Waals surface area contributed by atoms with Crippen LogP contribution < -0.4 is 5.32 Å². The summed E-state index contributed by atoms with van der Waals surface area (Å²) in [6.07, 6.45) is -0.926. The number of nitrogens with one attached hydrogen (secondary N) is 1. The van der Waals surface area contributed by atoms with Gasteiger partial charge < -0.3 is 10.4 Å². The van der Waals surface area contributed by atoms with Crippen molar-refractivity contribution in [1.29, 1.82) is 0 Å². The quantitative estimate of drug-likeness (QED) is 0.708. The van der Waals surface area contributed by atoms with E-state index in [1.54, 1.807) is 0 Å². The van der Waals surface area contributed by atoms with E-state index in [4.69, 9.17) is 5.11 Å². The van der Waals surface area contributed by atoms with Crippen molar-refractivity contribution in [2.24, 2.45) is 0 Å². The van der Waals surface area contributed by atoms with E-state index in [0.29, 0.717) is 6.04 Å². The summed E-state index contributed by atoms with van der Waals surface area (Å²) in [7, 11) is 0. The second-order valence-electron chi connectivity index (χ2n) is 4.62. The molecule has 1 heterocycles. The minimum atomic E-state index is -0.926. The molecule has 14 heavy (non-hydrogen) atoms. The van der Waals surface area contributed by atoms with Crippen molar-refractivity contribution in [1.82, 2.24) is 10.2 Å². The summed E-state index contributed by atoms with van der Waals surface area (Å²) in [5.41, 5.74) is 0.135. The van der Waals surface area contributed by atoms with Crippen LogP contribution in [0.15, 0.2) is 0 Å². The molecule has 0 aromatic carbocycles. The Balaban J connectivity index is 0.00000169. The Morgan fingerprint density at radius 3 is 2.29 bits per heavy atom. The molecule has 4 nitrogen and oxygen atoms in total. The zero-order valence-electron chi connectivity index (χ0n) is 9.07. The predicted octanol–water partition coefficient (Wildman–Crippen LogP) is 1.55. The first kappa shape index (κ1) is 13.5. The van der Waals surface area contributed by atoms with Gasteiger partial charge in [0.05, 0.1) is 6.04 Å². The highest BCUT2D eigenvalue weighted by atomic mass is 35.5. The molecule has 0 bridgehead atoms. The van der Waals surface area contributed by atoms with Crippen LogP contribution in [-0.4, -0.2) is 40.3 Å². The lowest BCUT2D eigenvalue weighted by atomic mass is 9.90. The SMILES string of the molecule is C[C@H]1[C@@H](NC(=O)O)CN1C(C)(C)C.Cl. The lowest BCUT2D eigenvalue weighted by Crippen LogP contribution is -2.69. The molecule has 0 unspecified atom stereocenters. The van der Waals surface area contributed by atoms with E-state index in [0.717, 1.165) is 6.54 Å². The van der Waals surface area contributed by atoms with Gasteiger partial charge in [0.2, 0.25) is 0 Å². The van der Waals surface area contributed by atoms with Crippen LogP contribution in [0, 0.1) is 0 Å². The average Bonchev–Trinajstić information content (AvgIpc) is 1.93. The number of likely N-dealkylation sites (tertiary alicyclic amines) is 1. The average molecular weight is 223 g/mol. The highest BCUT2D eigenvalue weighted by Gasteiger charge is 2.41. The molecule has 0 aromatic rings. The van der Waals surface area contributed by atoms with Gasteiger partial charge in [-0.05, 0) is 27.7 Å². The van der Waals surface area contributed by atoms with Gasteiger partial charge in [-0.3, -0.25) is 4.90 Å². The Morgan fingerprint density at radius 1 is 1.50 bits per heavy atom. The van der Waals surface area contributed by atoms with Crippen molar-refractivity contribution in [3.05, 3.63) is 0 Å². The van der Waals surface area contributed by atoms with Crippen molar-refractivity contribution in [3.8, 4) is 0 Å². The first-order valence-electron chi connectivity index (χ1n) is 4.58. The molecule has 0 aromatic heterocycles. The Hall–Kier alpha value is -0.480. The van der Waals surface area contributed by atoms with Gasteiger partial charge in [-0.1, -0.05) is 0 Å². The normalized spacial score (nSPS) is 27.4. The van der Waals surface area contributed by atoms with E-state index >= 15 is 0 Å². The Kier molecular flexibility index (Phi) is 4.21. The van der Waals surface area contributed by atoms with E-state index in [-0.39, 0.29) is 24.0 Å². The van der Waals surface area contributed by atoms with E-state index in [2.05, 4.69) is 37.9 Å². The number of halogens is 1. The fourth-order valence-electron chi connectivity index (χ4n) is 1.82. The third-order valence-corrected chi connectivity index (χ3v) is 2.64. The summed E-state index contributed by atoms with van der Waals surface area (Å²) in [6, 6.07) is 0.396. The van der Waals surface area contributed by atoms with Crippen molar-refractivity contribution in [2.75, 3.05) is 6.54 Å². The maximum atomic E-state index is 10.4. The van der Waals surface area contributed by atoms with Crippen molar-refractivity contribution in [3.63, 3.8) is 0 Å². The van der Waals surface area contributed by atoms with E-state index < -0.39 is 6.09 Å². The number of hydrogen-bond acceptors (Lipinski definition) is 2. The maximum absolute atomic E-state index is 10.4. The molecule has 1 aliphatic rings. The smallest absolute Gasteiger partial charge is 0.404 e. The van der Waals surface area contributed by atoms with Crippen LogP contribution in [0.3, 0.4) is 0 Å². The van der Waals surface area contributed by atoms with Crippen LogP contribution in [0.1, 0.15) is 27.7 Å². The van der Waals surface area contributed by atoms with Gasteiger partial charge >= 0.3 is 6.09 Å². The van der Waals surface area contributed by atoms with E-state index in [9.17, 15) is 4.79 Å². The molecule has 1 aliphatic heterocycles. The van der Waals surface area contributed by atoms with Crippen LogP contribution in [-0.2, 0) is 0 Å². The molecule has 5 heteroatoms. The van der Waals surface area contributed by atoms with Crippen LogP contribution in [0.25, 0.3) is 0 Å². The first-order valence-corrected chi connectivity index (χ1v) is 4.58. The van der Waals surface area contributed by atoms with Crippen LogP contribution in [0.5, 0.6) is 0 Å². The Morgan fingerprint density at radius 2 is 2.00 bits per heavy atom.